The summed E-state index contributed by atoms with van der Waals surface area (Å²) in [6.45, 7) is 7.93. The number of carbonyl (C=O) groups is 2. The molecule has 0 heterocycles. The minimum atomic E-state index is -4.89. The van der Waals surface area contributed by atoms with Crippen LogP contribution in [-0.4, -0.2) is 79.1 Å². The second-order valence-electron chi connectivity index (χ2n) is 13.5. The zero-order valence-corrected chi connectivity index (χ0v) is 34.3. The Balaban J connectivity index is 1.64. The van der Waals surface area contributed by atoms with Gasteiger partial charge in [0.1, 0.15) is 0 Å². The largest absolute Gasteiger partial charge is 0.397 e. The zero-order chi connectivity index (χ0) is 41.7. The molecule has 0 saturated carbocycles. The summed E-state index contributed by atoms with van der Waals surface area (Å²) in [5.74, 6) is -4.07. The van der Waals surface area contributed by atoms with E-state index in [4.69, 9.17) is 9.11 Å². The Hall–Kier alpha value is -4.28. The van der Waals surface area contributed by atoms with Crippen molar-refractivity contribution >= 4 is 74.8 Å². The van der Waals surface area contributed by atoms with Gasteiger partial charge in [-0.3, -0.25) is 18.7 Å². The summed E-state index contributed by atoms with van der Waals surface area (Å²) in [6, 6.07) is 6.25. The quantitative estimate of drug-likeness (QED) is 0.157. The number of benzene rings is 3. The molecule has 5 rings (SSSR count). The Bertz CT molecular complexity index is 2500. The Morgan fingerprint density at radius 2 is 0.911 bits per heavy atom. The maximum Gasteiger partial charge on any atom is 0.397 e. The van der Waals surface area contributed by atoms with Gasteiger partial charge in [0, 0.05) is 11.4 Å². The number of Topliss-reactive ketones (excluding diaryl/α,β-unsaturated/α-hetero) is 2. The predicted molar refractivity (Wildman–Crippen MR) is 207 cm³/mol. The normalized spacial score (nSPS) is 17.1. The average molecular weight is 853 g/mol. The van der Waals surface area contributed by atoms with E-state index in [1.54, 1.807) is 64.1 Å². The highest BCUT2D eigenvalue weighted by Crippen LogP contribution is 2.44. The molecule has 0 fully saturated rings. The molecule has 0 bridgehead atoms. The molecule has 2 aliphatic rings. The van der Waals surface area contributed by atoms with E-state index in [9.17, 15) is 43.3 Å². The number of hydrogen-bond acceptors (Lipinski definition) is 14. The molecular formula is C36H40N2O14S4. The van der Waals surface area contributed by atoms with Gasteiger partial charge in [0.15, 0.2) is 31.2 Å². The second-order valence-corrected chi connectivity index (χ2v) is 19.8. The lowest BCUT2D eigenvalue weighted by Crippen LogP contribution is -2.36. The molecule has 3 aromatic rings. The third-order valence-electron chi connectivity index (χ3n) is 9.55. The highest BCUT2D eigenvalue weighted by atomic mass is 32.3. The number of sulfone groups is 2. The lowest BCUT2D eigenvalue weighted by atomic mass is 9.71. The van der Waals surface area contributed by atoms with Crippen molar-refractivity contribution in [3.63, 3.8) is 0 Å². The van der Waals surface area contributed by atoms with Gasteiger partial charge in [-0.2, -0.15) is 16.8 Å². The first-order chi connectivity index (χ1) is 25.8. The molecule has 302 valence electrons. The van der Waals surface area contributed by atoms with Crippen LogP contribution in [0, 0.1) is 53.4 Å². The van der Waals surface area contributed by atoms with Gasteiger partial charge in [-0.15, -0.1) is 0 Å². The number of fused-ring (bicyclic) bond motifs is 2. The summed E-state index contributed by atoms with van der Waals surface area (Å²) in [5, 5.41) is 6.38. The van der Waals surface area contributed by atoms with Gasteiger partial charge >= 0.3 is 20.8 Å². The number of aryl methyl sites for hydroxylation is 4. The van der Waals surface area contributed by atoms with Gasteiger partial charge in [-0.05, 0) is 87.1 Å². The van der Waals surface area contributed by atoms with Crippen molar-refractivity contribution in [2.45, 2.75) is 51.3 Å². The molecule has 56 heavy (non-hydrogen) atoms. The first-order valence-electron chi connectivity index (χ1n) is 16.9. The van der Waals surface area contributed by atoms with E-state index >= 15 is 0 Å². The van der Waals surface area contributed by atoms with Crippen molar-refractivity contribution in [3.8, 4) is 0 Å². The molecule has 20 heteroatoms. The van der Waals surface area contributed by atoms with Gasteiger partial charge in [-0.25, -0.2) is 25.2 Å². The molecule has 0 spiro atoms. The predicted octanol–water partition coefficient (Wildman–Crippen LogP) is 4.95. The molecule has 4 N–H and O–H groups in total. The van der Waals surface area contributed by atoms with Crippen LogP contribution in [0.1, 0.15) is 54.1 Å². The molecule has 2 unspecified atom stereocenters. The number of anilines is 4. The lowest BCUT2D eigenvalue weighted by molar-refractivity contribution is 0.0803. The summed E-state index contributed by atoms with van der Waals surface area (Å²) >= 11 is 0. The van der Waals surface area contributed by atoms with Crippen LogP contribution in [0.4, 0.5) is 22.7 Å². The van der Waals surface area contributed by atoms with E-state index in [1.807, 2.05) is 0 Å². The fourth-order valence-corrected chi connectivity index (χ4v) is 11.5. The van der Waals surface area contributed by atoms with Crippen LogP contribution in [0.3, 0.4) is 0 Å². The topological polar surface area (TPSA) is 254 Å². The SMILES string of the molecule is Cc1cc(C)c(S(=O)(=O)CCOS(=O)(=O)O)c(C)c1Nc1ccc(Nc2c(C)cc(C)c(S(=O)(=O)CCOS(=O)(=O)O)c2C)c2c1C(=O)C1C=CC=CC1C2=O. The third-order valence-corrected chi connectivity index (χ3v) is 14.4. The molecule has 0 radical (unpaired) electrons. The van der Waals surface area contributed by atoms with Gasteiger partial charge in [0.2, 0.25) is 0 Å². The number of hydrogen-bond donors (Lipinski definition) is 4. The standard InChI is InChI=1S/C36H40N2O14S4/c1-19-17-21(3)35(53(41,42)15-13-51-55(45,46)47)23(5)31(19)37-27-11-12-28(30-29(27)33(39)25-9-7-8-10-26(25)34(30)40)38-32-20(2)18-22(4)36(24(32)6)54(43,44)16-14-52-56(48,49)50/h7-12,17-18,25-26,37-38H,13-16H2,1-6H3,(H,45,46,47)(H,48,49,50). The van der Waals surface area contributed by atoms with Crippen LogP contribution in [0.25, 0.3) is 0 Å². The molecule has 0 amide bonds. The third kappa shape index (κ3) is 8.81. The fourth-order valence-electron chi connectivity index (χ4n) is 7.41. The van der Waals surface area contributed by atoms with E-state index in [-0.39, 0.29) is 43.4 Å². The first-order valence-corrected chi connectivity index (χ1v) is 22.9. The molecule has 2 aliphatic carbocycles. The molecular weight excluding hydrogens is 813 g/mol. The van der Waals surface area contributed by atoms with Crippen LogP contribution in [-0.2, 0) is 48.8 Å². The van der Waals surface area contributed by atoms with E-state index < -0.39 is 88.6 Å². The highest BCUT2D eigenvalue weighted by Gasteiger charge is 2.43. The summed E-state index contributed by atoms with van der Waals surface area (Å²) in [4.78, 5) is 28.5. The van der Waals surface area contributed by atoms with Crippen LogP contribution >= 0.6 is 0 Å². The fraction of sp³-hybridized carbons (Fsp3) is 0.333. The summed E-state index contributed by atoms with van der Waals surface area (Å²) < 4.78 is 124. The maximum absolute atomic E-state index is 14.4. The Labute approximate surface area is 325 Å². The van der Waals surface area contributed by atoms with E-state index in [0.717, 1.165) is 0 Å². The molecule has 2 atom stereocenters. The van der Waals surface area contributed by atoms with Crippen molar-refractivity contribution < 1.29 is 60.7 Å². The Morgan fingerprint density at radius 1 is 0.571 bits per heavy atom. The van der Waals surface area contributed by atoms with Crippen molar-refractivity contribution in [2.75, 3.05) is 35.4 Å². The molecule has 0 aliphatic heterocycles. The van der Waals surface area contributed by atoms with Crippen LogP contribution in [0.15, 0.2) is 58.4 Å². The minimum absolute atomic E-state index is 0.00385. The molecule has 0 saturated heterocycles. The first kappa shape index (κ1) is 42.9. The number of nitrogens with one attached hydrogen (secondary N) is 2. The molecule has 3 aromatic carbocycles. The van der Waals surface area contributed by atoms with Crippen LogP contribution in [0.2, 0.25) is 0 Å². The number of carbonyl (C=O) groups excluding carboxylic acids is 2. The molecule has 0 aromatic heterocycles. The summed E-state index contributed by atoms with van der Waals surface area (Å²) in [6.07, 6.45) is 6.56. The van der Waals surface area contributed by atoms with E-state index in [1.165, 1.54) is 26.0 Å². The monoisotopic (exact) mass is 852 g/mol. The summed E-state index contributed by atoms with van der Waals surface area (Å²) in [5.41, 5.74) is 3.30. The Morgan fingerprint density at radius 3 is 1.23 bits per heavy atom. The smallest absolute Gasteiger partial charge is 0.354 e. The average Bonchev–Trinajstić information content (AvgIpc) is 3.05. The van der Waals surface area contributed by atoms with E-state index in [2.05, 4.69) is 19.0 Å². The number of allylic oxidation sites excluding steroid dienone is 4. The van der Waals surface area contributed by atoms with Crippen molar-refractivity contribution in [1.82, 2.24) is 0 Å². The number of rotatable bonds is 14. The van der Waals surface area contributed by atoms with E-state index in [0.29, 0.717) is 33.6 Å². The van der Waals surface area contributed by atoms with Crippen LogP contribution < -0.4 is 10.6 Å². The molecule has 16 nitrogen and oxygen atoms in total. The summed E-state index contributed by atoms with van der Waals surface area (Å²) in [7, 11) is -18.1. The van der Waals surface area contributed by atoms with Gasteiger partial charge in [-0.1, -0.05) is 36.4 Å². The maximum atomic E-state index is 14.4. The highest BCUT2D eigenvalue weighted by molar-refractivity contribution is 7.92. The lowest BCUT2D eigenvalue weighted by Gasteiger charge is -2.32. The minimum Gasteiger partial charge on any atom is -0.354 e. The van der Waals surface area contributed by atoms with Gasteiger partial charge in [0.25, 0.3) is 0 Å². The zero-order valence-electron chi connectivity index (χ0n) is 31.0. The van der Waals surface area contributed by atoms with Crippen molar-refractivity contribution in [3.05, 3.63) is 93.1 Å². The number of ketones is 2. The van der Waals surface area contributed by atoms with Crippen LogP contribution in [0.5, 0.6) is 0 Å². The Kier molecular flexibility index (Phi) is 11.9. The van der Waals surface area contributed by atoms with Gasteiger partial charge < -0.3 is 10.6 Å². The van der Waals surface area contributed by atoms with Gasteiger partial charge in [0.05, 0.1) is 68.8 Å². The van der Waals surface area contributed by atoms with Crippen molar-refractivity contribution in [2.24, 2.45) is 11.8 Å². The van der Waals surface area contributed by atoms with Crippen molar-refractivity contribution in [1.29, 1.82) is 0 Å². The second kappa shape index (κ2) is 15.6.